The van der Waals surface area contributed by atoms with Crippen molar-refractivity contribution in [2.24, 2.45) is 0 Å². The van der Waals surface area contributed by atoms with Gasteiger partial charge in [0.15, 0.2) is 0 Å². The second-order valence-electron chi connectivity index (χ2n) is 7.06. The zero-order chi connectivity index (χ0) is 19.9. The molecule has 2 aromatic carbocycles. The highest BCUT2D eigenvalue weighted by atomic mass is 32.2. The monoisotopic (exact) mass is 388 g/mol. The van der Waals surface area contributed by atoms with E-state index < -0.39 is 10.1 Å². The van der Waals surface area contributed by atoms with Crippen molar-refractivity contribution in [1.82, 2.24) is 0 Å². The van der Waals surface area contributed by atoms with Crippen LogP contribution >= 0.6 is 0 Å². The average Bonchev–Trinajstić information content (AvgIpc) is 2.61. The summed E-state index contributed by atoms with van der Waals surface area (Å²) in [4.78, 5) is 0. The molecule has 144 valence electrons. The molecule has 0 aliphatic rings. The summed E-state index contributed by atoms with van der Waals surface area (Å²) in [6.45, 7) is 1.80. The summed E-state index contributed by atoms with van der Waals surface area (Å²) in [6.07, 6.45) is 0.345. The summed E-state index contributed by atoms with van der Waals surface area (Å²) in [6, 6.07) is 17.2. The SMILES string of the molecule is C[N+](C)(CCCS(=O)(=O)[O-])CCOc1ccc(-c2ccc(C#N)cc2)cc1. The van der Waals surface area contributed by atoms with Gasteiger partial charge in [0.1, 0.15) is 18.9 Å². The number of nitriles is 1. The molecule has 0 fully saturated rings. The fourth-order valence-electron chi connectivity index (χ4n) is 2.67. The first-order chi connectivity index (χ1) is 12.7. The van der Waals surface area contributed by atoms with Crippen molar-refractivity contribution >= 4 is 10.1 Å². The zero-order valence-electron chi connectivity index (χ0n) is 15.6. The van der Waals surface area contributed by atoms with Crippen LogP contribution in [0.5, 0.6) is 5.75 Å². The van der Waals surface area contributed by atoms with Gasteiger partial charge < -0.3 is 13.8 Å². The molecule has 0 heterocycles. The number of nitrogens with zero attached hydrogens (tertiary/aromatic N) is 2. The van der Waals surface area contributed by atoms with Gasteiger partial charge in [-0.2, -0.15) is 5.26 Å². The highest BCUT2D eigenvalue weighted by molar-refractivity contribution is 7.85. The second kappa shape index (κ2) is 9.00. The Morgan fingerprint density at radius 2 is 1.56 bits per heavy atom. The molecule has 0 N–H and O–H groups in total. The molecule has 0 bridgehead atoms. The standard InChI is InChI=1S/C20H24N2O4S/c1-22(2,12-3-15-27(23,24)25)13-14-26-20-10-8-19(9-11-20)18-6-4-17(16-21)5-7-18/h4-11H,3,12-15H2,1-2H3. The van der Waals surface area contributed by atoms with E-state index in [9.17, 15) is 13.0 Å². The van der Waals surface area contributed by atoms with Crippen LogP contribution < -0.4 is 4.74 Å². The number of hydrogen-bond acceptors (Lipinski definition) is 5. The van der Waals surface area contributed by atoms with Crippen molar-refractivity contribution < 1.29 is 22.2 Å². The fourth-order valence-corrected chi connectivity index (χ4v) is 3.16. The molecule has 6 nitrogen and oxygen atoms in total. The van der Waals surface area contributed by atoms with Gasteiger partial charge in [-0.05, 0) is 35.4 Å². The van der Waals surface area contributed by atoms with Crippen LogP contribution in [-0.2, 0) is 10.1 Å². The minimum Gasteiger partial charge on any atom is -0.748 e. The summed E-state index contributed by atoms with van der Waals surface area (Å²) >= 11 is 0. The molecule has 0 radical (unpaired) electrons. The maximum absolute atomic E-state index is 10.7. The van der Waals surface area contributed by atoms with Crippen LogP contribution in [0.4, 0.5) is 0 Å². The van der Waals surface area contributed by atoms with E-state index >= 15 is 0 Å². The fraction of sp³-hybridized carbons (Fsp3) is 0.350. The number of rotatable bonds is 9. The first-order valence-corrected chi connectivity index (χ1v) is 10.3. The number of hydrogen-bond donors (Lipinski definition) is 0. The molecule has 7 heteroatoms. The van der Waals surface area contributed by atoms with Gasteiger partial charge in [0, 0.05) is 12.2 Å². The van der Waals surface area contributed by atoms with Crippen LogP contribution in [0.2, 0.25) is 0 Å². The second-order valence-corrected chi connectivity index (χ2v) is 8.58. The molecule has 0 aromatic heterocycles. The topological polar surface area (TPSA) is 90.2 Å². The Morgan fingerprint density at radius 3 is 2.07 bits per heavy atom. The lowest BCUT2D eigenvalue weighted by Gasteiger charge is -2.29. The van der Waals surface area contributed by atoms with Crippen LogP contribution in [0, 0.1) is 11.3 Å². The summed E-state index contributed by atoms with van der Waals surface area (Å²) < 4.78 is 38.4. The molecule has 0 spiro atoms. The van der Waals surface area contributed by atoms with E-state index in [1.54, 1.807) is 12.1 Å². The lowest BCUT2D eigenvalue weighted by Crippen LogP contribution is -2.44. The molecule has 0 aliphatic heterocycles. The van der Waals surface area contributed by atoms with Gasteiger partial charge in [0.25, 0.3) is 0 Å². The summed E-state index contributed by atoms with van der Waals surface area (Å²) in [5.41, 5.74) is 2.71. The Bertz CT molecular complexity index is 883. The van der Waals surface area contributed by atoms with Crippen LogP contribution in [0.3, 0.4) is 0 Å². The van der Waals surface area contributed by atoms with E-state index in [0.29, 0.717) is 36.2 Å². The van der Waals surface area contributed by atoms with Crippen LogP contribution in [0.25, 0.3) is 11.1 Å². The average molecular weight is 388 g/mol. The first-order valence-electron chi connectivity index (χ1n) is 8.67. The van der Waals surface area contributed by atoms with Crippen molar-refractivity contribution in [3.05, 3.63) is 54.1 Å². The third kappa shape index (κ3) is 7.39. The smallest absolute Gasteiger partial charge is 0.137 e. The van der Waals surface area contributed by atoms with Crippen LogP contribution in [0.15, 0.2) is 48.5 Å². The van der Waals surface area contributed by atoms with Gasteiger partial charge in [0.2, 0.25) is 0 Å². The molecule has 0 aliphatic carbocycles. The molecule has 0 unspecified atom stereocenters. The van der Waals surface area contributed by atoms with Crippen LogP contribution in [0.1, 0.15) is 12.0 Å². The van der Waals surface area contributed by atoms with Gasteiger partial charge in [-0.3, -0.25) is 0 Å². The van der Waals surface area contributed by atoms with E-state index in [2.05, 4.69) is 6.07 Å². The molecule has 0 saturated heterocycles. The molecule has 0 amide bonds. The Hall–Kier alpha value is -2.40. The Morgan fingerprint density at radius 1 is 1.00 bits per heavy atom. The quantitative estimate of drug-likeness (QED) is 0.486. The molecule has 0 atom stereocenters. The van der Waals surface area contributed by atoms with Gasteiger partial charge in [-0.15, -0.1) is 0 Å². The van der Waals surface area contributed by atoms with Gasteiger partial charge >= 0.3 is 0 Å². The van der Waals surface area contributed by atoms with Gasteiger partial charge in [-0.25, -0.2) is 8.42 Å². The van der Waals surface area contributed by atoms with E-state index in [-0.39, 0.29) is 5.75 Å². The van der Waals surface area contributed by atoms with Crippen molar-refractivity contribution in [3.63, 3.8) is 0 Å². The normalized spacial score (nSPS) is 11.8. The van der Waals surface area contributed by atoms with E-state index in [1.165, 1.54) is 0 Å². The molecule has 0 saturated carbocycles. The number of likely N-dealkylation sites (N-methyl/N-ethyl adjacent to an activating group) is 1. The summed E-state index contributed by atoms with van der Waals surface area (Å²) in [5, 5.41) is 8.85. The maximum Gasteiger partial charge on any atom is 0.137 e. The van der Waals surface area contributed by atoms with Crippen LogP contribution in [-0.4, -0.2) is 57.0 Å². The van der Waals surface area contributed by atoms with E-state index in [1.807, 2.05) is 50.5 Å². The van der Waals surface area contributed by atoms with Gasteiger partial charge in [-0.1, -0.05) is 24.3 Å². The third-order valence-corrected chi connectivity index (χ3v) is 5.11. The minimum atomic E-state index is -4.15. The minimum absolute atomic E-state index is 0.327. The Labute approximate surface area is 161 Å². The molecular formula is C20H24N2O4S. The lowest BCUT2D eigenvalue weighted by molar-refractivity contribution is -0.890. The molecular weight excluding hydrogens is 364 g/mol. The Kier molecular flexibility index (Phi) is 6.97. The lowest BCUT2D eigenvalue weighted by atomic mass is 10.0. The molecule has 27 heavy (non-hydrogen) atoms. The predicted molar refractivity (Wildman–Crippen MR) is 103 cm³/mol. The number of quaternary nitrogens is 1. The summed E-state index contributed by atoms with van der Waals surface area (Å²) in [7, 11) is -0.186. The predicted octanol–water partition coefficient (Wildman–Crippen LogP) is 2.62. The maximum atomic E-state index is 10.7. The number of ether oxygens (including phenoxy) is 1. The number of benzene rings is 2. The molecule has 2 aromatic rings. The summed E-state index contributed by atoms with van der Waals surface area (Å²) in [5.74, 6) is 0.432. The molecule has 2 rings (SSSR count). The van der Waals surface area contributed by atoms with Crippen molar-refractivity contribution in [2.45, 2.75) is 6.42 Å². The highest BCUT2D eigenvalue weighted by Crippen LogP contribution is 2.22. The van der Waals surface area contributed by atoms with Crippen molar-refractivity contribution in [1.29, 1.82) is 5.26 Å². The first kappa shape index (κ1) is 20.9. The van der Waals surface area contributed by atoms with Crippen molar-refractivity contribution in [3.8, 4) is 22.9 Å². The largest absolute Gasteiger partial charge is 0.748 e. The van der Waals surface area contributed by atoms with Crippen molar-refractivity contribution in [2.75, 3.05) is 39.5 Å². The van der Waals surface area contributed by atoms with Gasteiger partial charge in [0.05, 0.1) is 42.4 Å². The Balaban J connectivity index is 1.83. The zero-order valence-corrected chi connectivity index (χ0v) is 16.4. The highest BCUT2D eigenvalue weighted by Gasteiger charge is 2.15. The van der Waals surface area contributed by atoms with E-state index in [4.69, 9.17) is 10.00 Å². The third-order valence-electron chi connectivity index (χ3n) is 4.32. The van der Waals surface area contributed by atoms with E-state index in [0.717, 1.165) is 16.9 Å².